The first kappa shape index (κ1) is 24.6. The minimum Gasteiger partial charge on any atom is -0.396 e. The van der Waals surface area contributed by atoms with E-state index in [2.05, 4.69) is 12.1 Å². The third-order valence-electron chi connectivity index (χ3n) is 4.25. The topological polar surface area (TPSA) is 80.9 Å². The first-order valence-corrected chi connectivity index (χ1v) is 12.7. The minimum atomic E-state index is -0.923. The number of aliphatic hydroxyl groups is 4. The standard InChI is InChI=1S/C22H30O4S3/c1-22(26,16-28-12-10-24)18-5-7-20(8-6-18)29-21-4-2-3-17(14-21)13-19(25)15-27-11-9-23/h2-8,14,19,23-26H,9-13,15-16H2,1H3. The van der Waals surface area contributed by atoms with Crippen LogP contribution in [0.5, 0.6) is 0 Å². The molecule has 0 saturated heterocycles. The summed E-state index contributed by atoms with van der Waals surface area (Å²) < 4.78 is 0. The lowest BCUT2D eigenvalue weighted by molar-refractivity contribution is 0.0838. The van der Waals surface area contributed by atoms with Crippen LogP contribution in [0.1, 0.15) is 18.1 Å². The summed E-state index contributed by atoms with van der Waals surface area (Å²) in [5.41, 5.74) is 1.03. The first-order chi connectivity index (χ1) is 13.9. The largest absolute Gasteiger partial charge is 0.396 e. The smallest absolute Gasteiger partial charge is 0.0958 e. The number of benzene rings is 2. The van der Waals surface area contributed by atoms with Crippen molar-refractivity contribution in [3.63, 3.8) is 0 Å². The predicted molar refractivity (Wildman–Crippen MR) is 125 cm³/mol. The summed E-state index contributed by atoms with van der Waals surface area (Å²) in [7, 11) is 0. The fraction of sp³-hybridized carbons (Fsp3) is 0.455. The van der Waals surface area contributed by atoms with E-state index in [1.165, 1.54) is 11.8 Å². The quantitative estimate of drug-likeness (QED) is 0.345. The lowest BCUT2D eigenvalue weighted by Crippen LogP contribution is -2.24. The lowest BCUT2D eigenvalue weighted by Gasteiger charge is -2.23. The second-order valence-corrected chi connectivity index (χ2v) is 10.4. The molecule has 0 heterocycles. The van der Waals surface area contributed by atoms with E-state index in [-0.39, 0.29) is 13.2 Å². The zero-order valence-corrected chi connectivity index (χ0v) is 19.1. The number of hydrogen-bond donors (Lipinski definition) is 4. The molecule has 4 N–H and O–H groups in total. The summed E-state index contributed by atoms with van der Waals surface area (Å²) in [4.78, 5) is 2.19. The van der Waals surface area contributed by atoms with Gasteiger partial charge < -0.3 is 20.4 Å². The Labute approximate surface area is 186 Å². The van der Waals surface area contributed by atoms with Gasteiger partial charge in [-0.2, -0.15) is 23.5 Å². The summed E-state index contributed by atoms with van der Waals surface area (Å²) >= 11 is 4.74. The molecule has 0 saturated carbocycles. The molecule has 0 aliphatic heterocycles. The summed E-state index contributed by atoms with van der Waals surface area (Å²) in [5.74, 6) is 2.43. The van der Waals surface area contributed by atoms with Crippen molar-refractivity contribution < 1.29 is 20.4 Å². The Bertz CT molecular complexity index is 722. The highest BCUT2D eigenvalue weighted by Gasteiger charge is 2.22. The van der Waals surface area contributed by atoms with Gasteiger partial charge in [0.2, 0.25) is 0 Å². The zero-order valence-electron chi connectivity index (χ0n) is 16.7. The van der Waals surface area contributed by atoms with Crippen molar-refractivity contribution in [2.45, 2.75) is 34.8 Å². The van der Waals surface area contributed by atoms with Gasteiger partial charge in [0, 0.05) is 32.8 Å². The van der Waals surface area contributed by atoms with Gasteiger partial charge in [-0.3, -0.25) is 0 Å². The minimum absolute atomic E-state index is 0.119. The number of thioether (sulfide) groups is 2. The molecule has 0 radical (unpaired) electrons. The monoisotopic (exact) mass is 454 g/mol. The third-order valence-corrected chi connectivity index (χ3v) is 7.57. The molecule has 0 aliphatic rings. The van der Waals surface area contributed by atoms with Crippen LogP contribution in [-0.4, -0.2) is 62.8 Å². The van der Waals surface area contributed by atoms with Crippen LogP contribution in [0.25, 0.3) is 0 Å². The number of aliphatic hydroxyl groups excluding tert-OH is 3. The van der Waals surface area contributed by atoms with Crippen molar-refractivity contribution in [3.05, 3.63) is 59.7 Å². The normalized spacial score (nSPS) is 14.5. The van der Waals surface area contributed by atoms with E-state index in [0.29, 0.717) is 29.4 Å². The summed E-state index contributed by atoms with van der Waals surface area (Å²) in [5, 5.41) is 38.5. The van der Waals surface area contributed by atoms with Gasteiger partial charge in [0.05, 0.1) is 24.9 Å². The van der Waals surface area contributed by atoms with Gasteiger partial charge in [0.15, 0.2) is 0 Å². The van der Waals surface area contributed by atoms with Gasteiger partial charge in [0.1, 0.15) is 0 Å². The molecule has 160 valence electrons. The van der Waals surface area contributed by atoms with Crippen LogP contribution < -0.4 is 0 Å². The van der Waals surface area contributed by atoms with E-state index in [9.17, 15) is 10.2 Å². The van der Waals surface area contributed by atoms with Crippen LogP contribution in [0.4, 0.5) is 0 Å². The van der Waals surface area contributed by atoms with Crippen LogP contribution in [-0.2, 0) is 12.0 Å². The highest BCUT2D eigenvalue weighted by molar-refractivity contribution is 7.99. The van der Waals surface area contributed by atoms with Gasteiger partial charge in [0.25, 0.3) is 0 Å². The molecule has 0 spiro atoms. The van der Waals surface area contributed by atoms with E-state index in [0.717, 1.165) is 20.9 Å². The lowest BCUT2D eigenvalue weighted by atomic mass is 9.98. The molecule has 0 amide bonds. The number of hydrogen-bond acceptors (Lipinski definition) is 7. The maximum atomic E-state index is 10.6. The number of rotatable bonds is 13. The zero-order chi connectivity index (χ0) is 21.1. The average molecular weight is 455 g/mol. The molecule has 2 aromatic carbocycles. The summed E-state index contributed by atoms with van der Waals surface area (Å²) in [6.45, 7) is 2.06. The maximum Gasteiger partial charge on any atom is 0.0958 e. The van der Waals surface area contributed by atoms with Gasteiger partial charge in [-0.25, -0.2) is 0 Å². The Kier molecular flexibility index (Phi) is 10.9. The maximum absolute atomic E-state index is 10.6. The Morgan fingerprint density at radius 3 is 2.31 bits per heavy atom. The van der Waals surface area contributed by atoms with Crippen LogP contribution in [0.3, 0.4) is 0 Å². The summed E-state index contributed by atoms with van der Waals surface area (Å²) in [6, 6.07) is 16.1. The van der Waals surface area contributed by atoms with Crippen LogP contribution in [0, 0.1) is 0 Å². The van der Waals surface area contributed by atoms with Gasteiger partial charge in [-0.15, -0.1) is 0 Å². The van der Waals surface area contributed by atoms with Crippen molar-refractivity contribution in [1.82, 2.24) is 0 Å². The molecule has 29 heavy (non-hydrogen) atoms. The highest BCUT2D eigenvalue weighted by atomic mass is 32.2. The second-order valence-electron chi connectivity index (χ2n) is 6.98. The average Bonchev–Trinajstić information content (AvgIpc) is 2.69. The Hall–Kier alpha value is -0.670. The molecule has 2 rings (SSSR count). The third kappa shape index (κ3) is 8.92. The molecule has 4 nitrogen and oxygen atoms in total. The fourth-order valence-electron chi connectivity index (χ4n) is 2.79. The fourth-order valence-corrected chi connectivity index (χ4v) is 5.21. The second kappa shape index (κ2) is 12.9. The van der Waals surface area contributed by atoms with Crippen molar-refractivity contribution in [2.75, 3.05) is 36.2 Å². The van der Waals surface area contributed by atoms with E-state index < -0.39 is 11.7 Å². The SMILES string of the molecule is CC(O)(CSCCO)c1ccc(Sc2cccc(CC(O)CSCCO)c2)cc1. The molecular weight excluding hydrogens is 424 g/mol. The molecule has 0 aliphatic carbocycles. The van der Waals surface area contributed by atoms with Crippen molar-refractivity contribution in [1.29, 1.82) is 0 Å². The van der Waals surface area contributed by atoms with Gasteiger partial charge in [-0.1, -0.05) is 36.0 Å². The van der Waals surface area contributed by atoms with Crippen LogP contribution >= 0.6 is 35.3 Å². The predicted octanol–water partition coefficient (Wildman–Crippen LogP) is 3.40. The van der Waals surface area contributed by atoms with Crippen molar-refractivity contribution >= 4 is 35.3 Å². The van der Waals surface area contributed by atoms with Gasteiger partial charge in [-0.05, 0) is 48.7 Å². The Balaban J connectivity index is 1.94. The van der Waals surface area contributed by atoms with E-state index in [1.54, 1.807) is 30.4 Å². The van der Waals surface area contributed by atoms with Crippen LogP contribution in [0.15, 0.2) is 58.3 Å². The first-order valence-electron chi connectivity index (χ1n) is 9.59. The molecule has 7 heteroatoms. The van der Waals surface area contributed by atoms with E-state index >= 15 is 0 Å². The summed E-state index contributed by atoms with van der Waals surface area (Å²) in [6.07, 6.45) is 0.178. The van der Waals surface area contributed by atoms with E-state index in [1.807, 2.05) is 36.4 Å². The Morgan fingerprint density at radius 2 is 1.62 bits per heavy atom. The van der Waals surface area contributed by atoms with Crippen LogP contribution in [0.2, 0.25) is 0 Å². The van der Waals surface area contributed by atoms with Gasteiger partial charge >= 0.3 is 0 Å². The molecule has 2 atom stereocenters. The highest BCUT2D eigenvalue weighted by Crippen LogP contribution is 2.31. The van der Waals surface area contributed by atoms with E-state index in [4.69, 9.17) is 10.2 Å². The molecule has 0 bridgehead atoms. The molecule has 2 aromatic rings. The molecule has 0 fully saturated rings. The molecule has 2 unspecified atom stereocenters. The Morgan fingerprint density at radius 1 is 0.931 bits per heavy atom. The van der Waals surface area contributed by atoms with Crippen molar-refractivity contribution in [3.8, 4) is 0 Å². The van der Waals surface area contributed by atoms with Crippen molar-refractivity contribution in [2.24, 2.45) is 0 Å². The molecule has 0 aromatic heterocycles. The molecular formula is C22H30O4S3.